The summed E-state index contributed by atoms with van der Waals surface area (Å²) in [6.45, 7) is 1.69. The molecule has 23 heavy (non-hydrogen) atoms. The zero-order chi connectivity index (χ0) is 16.6. The molecule has 1 N–H and O–H groups in total. The van der Waals surface area contributed by atoms with Crippen molar-refractivity contribution in [1.29, 1.82) is 0 Å². The van der Waals surface area contributed by atoms with Crippen LogP contribution in [-0.4, -0.2) is 16.9 Å². The van der Waals surface area contributed by atoms with Crippen LogP contribution in [0.1, 0.15) is 31.8 Å². The number of fused-ring (bicyclic) bond motifs is 1. The summed E-state index contributed by atoms with van der Waals surface area (Å²) in [6, 6.07) is 16.0. The van der Waals surface area contributed by atoms with Crippen LogP contribution in [0.3, 0.4) is 0 Å². The molecule has 3 rings (SSSR count). The molecule has 2 aliphatic carbocycles. The average Bonchev–Trinajstić information content (AvgIpc) is 2.64. The van der Waals surface area contributed by atoms with E-state index in [0.29, 0.717) is 27.8 Å². The quantitative estimate of drug-likeness (QED) is 0.676. The fraction of sp³-hybridized carbons (Fsp3) is 0.0526. The van der Waals surface area contributed by atoms with Crippen molar-refractivity contribution in [3.05, 3.63) is 81.3 Å². The number of carboxylic acid groups (broad SMARTS) is 1. The summed E-state index contributed by atoms with van der Waals surface area (Å²) in [7, 11) is 0. The second-order valence-corrected chi connectivity index (χ2v) is 6.17. The molecule has 0 heterocycles. The van der Waals surface area contributed by atoms with E-state index < -0.39 is 5.97 Å². The van der Waals surface area contributed by atoms with Crippen LogP contribution in [0.5, 0.6) is 0 Å². The van der Waals surface area contributed by atoms with E-state index in [1.54, 1.807) is 43.3 Å². The third kappa shape index (κ3) is 2.66. The van der Waals surface area contributed by atoms with Crippen molar-refractivity contribution in [2.75, 3.05) is 0 Å². The van der Waals surface area contributed by atoms with E-state index in [4.69, 9.17) is 0 Å². The number of carbonyl (C=O) groups is 2. The van der Waals surface area contributed by atoms with Crippen LogP contribution in [0.15, 0.2) is 59.1 Å². The molecule has 0 atom stereocenters. The number of halogens is 1. The summed E-state index contributed by atoms with van der Waals surface area (Å²) in [6.07, 6.45) is 0. The topological polar surface area (TPSA) is 54.4 Å². The number of benzene rings is 1. The molecule has 0 bridgehead atoms. The van der Waals surface area contributed by atoms with Crippen molar-refractivity contribution >= 4 is 27.7 Å². The smallest absolute Gasteiger partial charge is 0.336 e. The lowest BCUT2D eigenvalue weighted by Gasteiger charge is -2.04. The molecule has 0 saturated carbocycles. The zero-order valence-electron chi connectivity index (χ0n) is 12.3. The first kappa shape index (κ1) is 15.4. The third-order valence-electron chi connectivity index (χ3n) is 3.85. The van der Waals surface area contributed by atoms with Crippen molar-refractivity contribution in [1.82, 2.24) is 0 Å². The molecular weight excluding hydrogens is 356 g/mol. The van der Waals surface area contributed by atoms with Crippen LogP contribution >= 0.6 is 15.9 Å². The molecule has 0 unspecified atom stereocenters. The van der Waals surface area contributed by atoms with E-state index in [2.05, 4.69) is 15.9 Å². The second kappa shape index (κ2) is 5.97. The maximum absolute atomic E-state index is 13.0. The van der Waals surface area contributed by atoms with Gasteiger partial charge in [-0.3, -0.25) is 4.79 Å². The van der Waals surface area contributed by atoms with Gasteiger partial charge in [0, 0.05) is 15.6 Å². The first-order valence-electron chi connectivity index (χ1n) is 7.05. The lowest BCUT2D eigenvalue weighted by Crippen LogP contribution is -2.04. The van der Waals surface area contributed by atoms with Gasteiger partial charge in [-0.1, -0.05) is 58.4 Å². The summed E-state index contributed by atoms with van der Waals surface area (Å²) in [5.74, 6) is -1.19. The maximum Gasteiger partial charge on any atom is 0.336 e. The van der Waals surface area contributed by atoms with E-state index in [-0.39, 0.29) is 11.3 Å². The Balaban J connectivity index is 2.29. The molecule has 0 fully saturated rings. The number of aromatic carboxylic acids is 1. The predicted octanol–water partition coefficient (Wildman–Crippen LogP) is 4.79. The summed E-state index contributed by atoms with van der Waals surface area (Å²) in [5, 5.41) is 9.54. The number of hydrogen-bond donors (Lipinski definition) is 1. The maximum atomic E-state index is 13.0. The normalized spacial score (nSPS) is 10.7. The van der Waals surface area contributed by atoms with Gasteiger partial charge >= 0.3 is 5.97 Å². The van der Waals surface area contributed by atoms with Gasteiger partial charge in [0.2, 0.25) is 0 Å². The van der Waals surface area contributed by atoms with Gasteiger partial charge in [0.1, 0.15) is 0 Å². The Morgan fingerprint density at radius 1 is 0.913 bits per heavy atom. The molecule has 2 aliphatic rings. The third-order valence-corrected chi connectivity index (χ3v) is 4.35. The van der Waals surface area contributed by atoms with Gasteiger partial charge in [-0.25, -0.2) is 4.79 Å². The largest absolute Gasteiger partial charge is 0.478 e. The van der Waals surface area contributed by atoms with Crippen molar-refractivity contribution < 1.29 is 14.7 Å². The minimum Gasteiger partial charge on any atom is -0.478 e. The zero-order valence-corrected chi connectivity index (χ0v) is 13.9. The fourth-order valence-corrected chi connectivity index (χ4v) is 3.25. The minimum atomic E-state index is -1.02. The Kier molecular flexibility index (Phi) is 4.01. The van der Waals surface area contributed by atoms with E-state index in [0.717, 1.165) is 4.47 Å². The summed E-state index contributed by atoms with van der Waals surface area (Å²) in [4.78, 5) is 24.6. The van der Waals surface area contributed by atoms with Gasteiger partial charge in [-0.15, -0.1) is 0 Å². The van der Waals surface area contributed by atoms with Crippen molar-refractivity contribution in [3.8, 4) is 11.1 Å². The summed E-state index contributed by atoms with van der Waals surface area (Å²) < 4.78 is 0.806. The van der Waals surface area contributed by atoms with Crippen LogP contribution in [0.2, 0.25) is 0 Å². The highest BCUT2D eigenvalue weighted by atomic mass is 79.9. The Hall–Kier alpha value is -2.46. The Morgan fingerprint density at radius 2 is 1.57 bits per heavy atom. The lowest BCUT2D eigenvalue weighted by molar-refractivity contribution is 0.0697. The molecule has 0 aromatic heterocycles. The SMILES string of the molecule is Cc1c(C(=O)O)c2cccccc-2c1C(=O)c1cccc(Br)c1. The van der Waals surface area contributed by atoms with Gasteiger partial charge in [0.05, 0.1) is 5.56 Å². The van der Waals surface area contributed by atoms with Gasteiger partial charge in [0.15, 0.2) is 5.78 Å². The number of carboxylic acids is 1. The van der Waals surface area contributed by atoms with Gasteiger partial charge in [0.25, 0.3) is 0 Å². The van der Waals surface area contributed by atoms with E-state index >= 15 is 0 Å². The summed E-state index contributed by atoms with van der Waals surface area (Å²) >= 11 is 3.36. The number of hydrogen-bond acceptors (Lipinski definition) is 2. The molecule has 0 amide bonds. The molecule has 0 radical (unpaired) electrons. The van der Waals surface area contributed by atoms with Gasteiger partial charge < -0.3 is 5.11 Å². The Morgan fingerprint density at radius 3 is 2.17 bits per heavy atom. The highest BCUT2D eigenvalue weighted by Crippen LogP contribution is 2.37. The standard InChI is InChI=1S/C19H13BrO3/c1-11-16(18(21)12-6-5-7-13(20)10-12)14-8-3-2-4-9-15(14)17(11)19(22)23/h2-10H,1H3,(H,22,23). The first-order chi connectivity index (χ1) is 11.0. The molecule has 0 aliphatic heterocycles. The van der Waals surface area contributed by atoms with Crippen molar-refractivity contribution in [3.63, 3.8) is 0 Å². The molecule has 1 aromatic carbocycles. The molecule has 4 heteroatoms. The second-order valence-electron chi connectivity index (χ2n) is 5.26. The van der Waals surface area contributed by atoms with Crippen LogP contribution in [0.4, 0.5) is 0 Å². The highest BCUT2D eigenvalue weighted by Gasteiger charge is 2.28. The van der Waals surface area contributed by atoms with E-state index in [1.165, 1.54) is 0 Å². The molecule has 1 aromatic rings. The van der Waals surface area contributed by atoms with Gasteiger partial charge in [-0.05, 0) is 35.7 Å². The van der Waals surface area contributed by atoms with Crippen molar-refractivity contribution in [2.24, 2.45) is 0 Å². The molecule has 3 nitrogen and oxygen atoms in total. The van der Waals surface area contributed by atoms with Crippen molar-refractivity contribution in [2.45, 2.75) is 6.92 Å². The Labute approximate surface area is 142 Å². The fourth-order valence-electron chi connectivity index (χ4n) is 2.85. The minimum absolute atomic E-state index is 0.174. The highest BCUT2D eigenvalue weighted by molar-refractivity contribution is 9.10. The monoisotopic (exact) mass is 368 g/mol. The number of carbonyl (C=O) groups excluding carboxylic acids is 1. The molecule has 114 valence electrons. The van der Waals surface area contributed by atoms with Crippen LogP contribution in [-0.2, 0) is 0 Å². The summed E-state index contributed by atoms with van der Waals surface area (Å²) in [5.41, 5.74) is 2.91. The van der Waals surface area contributed by atoms with Gasteiger partial charge in [-0.2, -0.15) is 0 Å². The lowest BCUT2D eigenvalue weighted by atomic mass is 9.99. The first-order valence-corrected chi connectivity index (χ1v) is 7.85. The average molecular weight is 369 g/mol. The van der Waals surface area contributed by atoms with Crippen LogP contribution < -0.4 is 0 Å². The van der Waals surface area contributed by atoms with E-state index in [1.807, 2.05) is 18.2 Å². The molecule has 0 spiro atoms. The van der Waals surface area contributed by atoms with Crippen LogP contribution in [0.25, 0.3) is 11.1 Å². The predicted molar refractivity (Wildman–Crippen MR) is 92.3 cm³/mol. The van der Waals surface area contributed by atoms with E-state index in [9.17, 15) is 14.7 Å². The number of rotatable bonds is 3. The van der Waals surface area contributed by atoms with Crippen LogP contribution in [0, 0.1) is 6.92 Å². The molecule has 0 saturated heterocycles. The number of ketones is 1. The molecular formula is C19H13BrO3. The Bertz CT molecular complexity index is 899.